The highest BCUT2D eigenvalue weighted by atomic mass is 32.2. The van der Waals surface area contributed by atoms with Crippen LogP contribution in [0.3, 0.4) is 0 Å². The van der Waals surface area contributed by atoms with Gasteiger partial charge in [-0.1, -0.05) is 55.7 Å². The summed E-state index contributed by atoms with van der Waals surface area (Å²) in [4.78, 5) is 39.4. The van der Waals surface area contributed by atoms with E-state index in [1.165, 1.54) is 16.7 Å². The molecule has 156 valence electrons. The van der Waals surface area contributed by atoms with Gasteiger partial charge in [-0.3, -0.25) is 9.59 Å². The van der Waals surface area contributed by atoms with E-state index in [0.717, 1.165) is 37.7 Å². The highest BCUT2D eigenvalue weighted by molar-refractivity contribution is 8.00. The summed E-state index contributed by atoms with van der Waals surface area (Å²) in [6.07, 6.45) is 8.29. The van der Waals surface area contributed by atoms with Gasteiger partial charge in [-0.25, -0.2) is 4.79 Å². The van der Waals surface area contributed by atoms with Crippen molar-refractivity contribution in [2.45, 2.75) is 56.9 Å². The van der Waals surface area contributed by atoms with Crippen LogP contribution < -0.4 is 0 Å². The fourth-order valence-electron chi connectivity index (χ4n) is 3.99. The van der Waals surface area contributed by atoms with E-state index in [1.54, 1.807) is 6.08 Å². The lowest BCUT2D eigenvalue weighted by atomic mass is 9.85. The summed E-state index contributed by atoms with van der Waals surface area (Å²) in [5.41, 5.74) is 1.02. The van der Waals surface area contributed by atoms with Crippen LogP contribution in [0.25, 0.3) is 6.08 Å². The number of benzene rings is 1. The molecule has 1 aliphatic heterocycles. The second kappa shape index (κ2) is 9.61. The Balaban J connectivity index is 1.62. The molecule has 1 aromatic rings. The molecule has 0 bridgehead atoms. The van der Waals surface area contributed by atoms with Gasteiger partial charge in [0.25, 0.3) is 5.91 Å². The number of carbonyl (C=O) groups excluding carboxylic acids is 3. The summed E-state index contributed by atoms with van der Waals surface area (Å²) < 4.78 is 5.40. The van der Waals surface area contributed by atoms with E-state index < -0.39 is 22.8 Å². The topological polar surface area (TPSA) is 63.7 Å². The van der Waals surface area contributed by atoms with E-state index in [0.29, 0.717) is 5.75 Å². The zero-order valence-corrected chi connectivity index (χ0v) is 18.0. The quantitative estimate of drug-likeness (QED) is 0.518. The van der Waals surface area contributed by atoms with Crippen LogP contribution in [0.5, 0.6) is 0 Å². The Kier molecular flexibility index (Phi) is 7.17. The van der Waals surface area contributed by atoms with Crippen LogP contribution in [0.2, 0.25) is 0 Å². The zero-order valence-electron chi connectivity index (χ0n) is 17.1. The monoisotopic (exact) mass is 415 g/mol. The summed E-state index contributed by atoms with van der Waals surface area (Å²) in [7, 11) is 0. The van der Waals surface area contributed by atoms with Crippen molar-refractivity contribution < 1.29 is 19.1 Å². The fourth-order valence-corrected chi connectivity index (χ4v) is 5.19. The number of hydrogen-bond donors (Lipinski definition) is 0. The van der Waals surface area contributed by atoms with Crippen LogP contribution in [0, 0.1) is 5.92 Å². The Morgan fingerprint density at radius 2 is 1.83 bits per heavy atom. The van der Waals surface area contributed by atoms with Crippen LogP contribution >= 0.6 is 11.8 Å². The van der Waals surface area contributed by atoms with Crippen molar-refractivity contribution in [2.24, 2.45) is 5.92 Å². The van der Waals surface area contributed by atoms with Gasteiger partial charge in [0, 0.05) is 11.7 Å². The molecule has 1 atom stereocenters. The van der Waals surface area contributed by atoms with Gasteiger partial charge in [0.15, 0.2) is 0 Å². The lowest BCUT2D eigenvalue weighted by molar-refractivity contribution is -0.158. The predicted octanol–water partition coefficient (Wildman–Crippen LogP) is 4.07. The maximum atomic E-state index is 13.0. The molecule has 0 unspecified atom stereocenters. The van der Waals surface area contributed by atoms with E-state index in [2.05, 4.69) is 0 Å². The minimum Gasteiger partial charge on any atom is -0.460 e. The average molecular weight is 416 g/mol. The standard InChI is InChI=1S/C23H29NO4S/c1-23(2)24(21(26)20(25)18-13-7-4-8-14-18)19(16-29-23)22(27)28-15-9-12-17-10-5-3-6-11-17/h3,5-6,9-12,18-19H,4,7-8,13-16H2,1-2H3/b12-9+/t19-/m0/s1. The Morgan fingerprint density at radius 1 is 1.14 bits per heavy atom. The summed E-state index contributed by atoms with van der Waals surface area (Å²) in [5, 5.41) is 0. The molecule has 2 fully saturated rings. The molecule has 0 spiro atoms. The number of rotatable bonds is 6. The van der Waals surface area contributed by atoms with Crippen molar-refractivity contribution in [1.82, 2.24) is 4.90 Å². The molecule has 1 saturated heterocycles. The van der Waals surface area contributed by atoms with Crippen LogP contribution in [0.4, 0.5) is 0 Å². The van der Waals surface area contributed by atoms with Crippen LogP contribution in [0.15, 0.2) is 36.4 Å². The number of Topliss-reactive ketones (excluding diaryl/α,β-unsaturated/α-hetero) is 1. The molecule has 3 rings (SSSR count). The third-order valence-electron chi connectivity index (χ3n) is 5.60. The molecular weight excluding hydrogens is 386 g/mol. The third-order valence-corrected chi connectivity index (χ3v) is 6.98. The highest BCUT2D eigenvalue weighted by Crippen LogP contribution is 2.40. The first kappa shape index (κ1) is 21.6. The molecule has 5 nitrogen and oxygen atoms in total. The zero-order chi connectivity index (χ0) is 20.9. The molecule has 6 heteroatoms. The number of esters is 1. The van der Waals surface area contributed by atoms with E-state index >= 15 is 0 Å². The van der Waals surface area contributed by atoms with Crippen molar-refractivity contribution in [3.05, 3.63) is 42.0 Å². The molecule has 1 saturated carbocycles. The fraction of sp³-hybridized carbons (Fsp3) is 0.522. The number of ether oxygens (including phenoxy) is 1. The number of carbonyl (C=O) groups is 3. The lowest BCUT2D eigenvalue weighted by Gasteiger charge is -2.34. The molecule has 1 aromatic carbocycles. The van der Waals surface area contributed by atoms with E-state index in [1.807, 2.05) is 50.3 Å². The molecule has 1 heterocycles. The van der Waals surface area contributed by atoms with Crippen molar-refractivity contribution in [3.8, 4) is 0 Å². The second-order valence-electron chi connectivity index (χ2n) is 8.09. The second-order valence-corrected chi connectivity index (χ2v) is 9.71. The van der Waals surface area contributed by atoms with Gasteiger partial charge in [0.1, 0.15) is 12.6 Å². The van der Waals surface area contributed by atoms with E-state index in [4.69, 9.17) is 4.74 Å². The van der Waals surface area contributed by atoms with E-state index in [-0.39, 0.29) is 18.3 Å². The predicted molar refractivity (Wildman–Crippen MR) is 115 cm³/mol. The average Bonchev–Trinajstić information content (AvgIpc) is 3.06. The van der Waals surface area contributed by atoms with Crippen LogP contribution in [-0.2, 0) is 19.1 Å². The van der Waals surface area contributed by atoms with Gasteiger partial charge in [0.2, 0.25) is 5.78 Å². The van der Waals surface area contributed by atoms with Gasteiger partial charge in [-0.15, -0.1) is 11.8 Å². The largest absolute Gasteiger partial charge is 0.460 e. The molecular formula is C23H29NO4S. The molecule has 1 amide bonds. The van der Waals surface area contributed by atoms with Gasteiger partial charge < -0.3 is 9.64 Å². The van der Waals surface area contributed by atoms with E-state index in [9.17, 15) is 14.4 Å². The summed E-state index contributed by atoms with van der Waals surface area (Å²) in [6, 6.07) is 9.03. The first-order valence-electron chi connectivity index (χ1n) is 10.3. The first-order valence-corrected chi connectivity index (χ1v) is 11.3. The lowest BCUT2D eigenvalue weighted by Crippen LogP contribution is -2.53. The maximum absolute atomic E-state index is 13.0. The summed E-state index contributed by atoms with van der Waals surface area (Å²) in [5.74, 6) is -1.10. The first-order chi connectivity index (χ1) is 13.9. The molecule has 29 heavy (non-hydrogen) atoms. The van der Waals surface area contributed by atoms with Crippen LogP contribution in [-0.4, -0.2) is 45.8 Å². The number of ketones is 1. The third kappa shape index (κ3) is 5.30. The van der Waals surface area contributed by atoms with Crippen LogP contribution in [0.1, 0.15) is 51.5 Å². The number of thioether (sulfide) groups is 1. The summed E-state index contributed by atoms with van der Waals surface area (Å²) in [6.45, 7) is 3.90. The molecule has 2 aliphatic rings. The SMILES string of the molecule is CC1(C)SC[C@@H](C(=O)OC/C=C/c2ccccc2)N1C(=O)C(=O)C1CCCCC1. The van der Waals surface area contributed by atoms with Gasteiger partial charge in [-0.05, 0) is 38.3 Å². The van der Waals surface area contributed by atoms with Crippen molar-refractivity contribution in [3.63, 3.8) is 0 Å². The maximum Gasteiger partial charge on any atom is 0.330 e. The minimum atomic E-state index is -0.722. The van der Waals surface area contributed by atoms with Gasteiger partial charge in [-0.2, -0.15) is 0 Å². The molecule has 0 N–H and O–H groups in total. The molecule has 0 radical (unpaired) electrons. The number of amides is 1. The number of hydrogen-bond acceptors (Lipinski definition) is 5. The smallest absolute Gasteiger partial charge is 0.330 e. The van der Waals surface area contributed by atoms with Gasteiger partial charge >= 0.3 is 5.97 Å². The van der Waals surface area contributed by atoms with Gasteiger partial charge in [0.05, 0.1) is 4.87 Å². The Morgan fingerprint density at radius 3 is 2.52 bits per heavy atom. The molecule has 1 aliphatic carbocycles. The normalized spacial score (nSPS) is 22.0. The Bertz CT molecular complexity index is 768. The Hall–Kier alpha value is -2.08. The summed E-state index contributed by atoms with van der Waals surface area (Å²) >= 11 is 1.51. The van der Waals surface area contributed by atoms with Crippen molar-refractivity contribution >= 4 is 35.5 Å². The Labute approximate surface area is 176 Å². The molecule has 0 aromatic heterocycles. The highest BCUT2D eigenvalue weighted by Gasteiger charge is 2.49. The number of nitrogens with zero attached hydrogens (tertiary/aromatic N) is 1. The van der Waals surface area contributed by atoms with Crippen molar-refractivity contribution in [1.29, 1.82) is 0 Å². The van der Waals surface area contributed by atoms with Crippen molar-refractivity contribution in [2.75, 3.05) is 12.4 Å². The minimum absolute atomic E-state index is 0.133.